The van der Waals surface area contributed by atoms with E-state index < -0.39 is 0 Å². The summed E-state index contributed by atoms with van der Waals surface area (Å²) in [5.41, 5.74) is 1.64. The van der Waals surface area contributed by atoms with Crippen molar-refractivity contribution in [1.29, 1.82) is 0 Å². The molecule has 0 unspecified atom stereocenters. The number of benzene rings is 2. The molecular weight excluding hydrogens is 420 g/mol. The number of carbonyl (C=O) groups excluding carboxylic acids is 2. The molecule has 4 rings (SSSR count). The van der Waals surface area contributed by atoms with Crippen LogP contribution in [0.3, 0.4) is 0 Å². The highest BCUT2D eigenvalue weighted by Gasteiger charge is 2.28. The zero-order valence-electron chi connectivity index (χ0n) is 18.3. The molecule has 5 nitrogen and oxygen atoms in total. The predicted octanol–water partition coefficient (Wildman–Crippen LogP) is 4.88. The first-order valence-corrected chi connectivity index (χ1v) is 11.8. The summed E-state index contributed by atoms with van der Waals surface area (Å²) in [6.07, 6.45) is 1.57. The van der Waals surface area contributed by atoms with Crippen molar-refractivity contribution in [3.8, 4) is 5.75 Å². The molecule has 1 fully saturated rings. The number of likely N-dealkylation sites (tertiary alicyclic amines) is 1. The number of rotatable bonds is 8. The molecule has 166 valence electrons. The lowest BCUT2D eigenvalue weighted by Crippen LogP contribution is -2.44. The van der Waals surface area contributed by atoms with E-state index in [1.807, 2.05) is 70.9 Å². The minimum Gasteiger partial charge on any atom is -0.497 e. The minimum absolute atomic E-state index is 0.0348. The Labute approximate surface area is 193 Å². The van der Waals surface area contributed by atoms with Gasteiger partial charge in [0, 0.05) is 22.0 Å². The highest BCUT2D eigenvalue weighted by atomic mass is 32.1. The molecule has 2 aromatic carbocycles. The number of carbonyl (C=O) groups is 2. The fourth-order valence-corrected chi connectivity index (χ4v) is 4.80. The maximum Gasteiger partial charge on any atom is 0.241 e. The van der Waals surface area contributed by atoms with Gasteiger partial charge in [-0.3, -0.25) is 14.5 Å². The van der Waals surface area contributed by atoms with Crippen LogP contribution in [-0.2, 0) is 11.3 Å². The molecule has 0 saturated carbocycles. The van der Waals surface area contributed by atoms with E-state index in [9.17, 15) is 9.59 Å². The molecule has 1 aromatic heterocycles. The van der Waals surface area contributed by atoms with Crippen LogP contribution < -0.4 is 9.64 Å². The maximum absolute atomic E-state index is 13.3. The van der Waals surface area contributed by atoms with E-state index in [-0.39, 0.29) is 17.6 Å². The zero-order chi connectivity index (χ0) is 22.3. The number of anilines is 1. The van der Waals surface area contributed by atoms with Gasteiger partial charge in [-0.15, -0.1) is 11.3 Å². The maximum atomic E-state index is 13.3. The molecule has 32 heavy (non-hydrogen) atoms. The molecule has 0 radical (unpaired) electrons. The first-order chi connectivity index (χ1) is 15.6. The highest BCUT2D eigenvalue weighted by Crippen LogP contribution is 2.25. The first-order valence-electron chi connectivity index (χ1n) is 10.9. The number of hydrogen-bond acceptors (Lipinski definition) is 5. The highest BCUT2D eigenvalue weighted by molar-refractivity contribution is 7.09. The van der Waals surface area contributed by atoms with E-state index in [1.54, 1.807) is 18.4 Å². The quantitative estimate of drug-likeness (QED) is 0.461. The minimum atomic E-state index is 0.0348. The summed E-state index contributed by atoms with van der Waals surface area (Å²) in [6, 6.07) is 21.2. The normalized spacial score (nSPS) is 14.8. The van der Waals surface area contributed by atoms with Crippen molar-refractivity contribution in [3.63, 3.8) is 0 Å². The van der Waals surface area contributed by atoms with E-state index in [2.05, 4.69) is 11.0 Å². The summed E-state index contributed by atoms with van der Waals surface area (Å²) in [5.74, 6) is 1.08. The topological polar surface area (TPSA) is 49.9 Å². The summed E-state index contributed by atoms with van der Waals surface area (Å²) in [7, 11) is 1.63. The smallest absolute Gasteiger partial charge is 0.241 e. The van der Waals surface area contributed by atoms with Gasteiger partial charge in [0.2, 0.25) is 5.91 Å². The second-order valence-electron chi connectivity index (χ2n) is 8.04. The van der Waals surface area contributed by atoms with Crippen molar-refractivity contribution in [2.75, 3.05) is 31.6 Å². The number of piperidine rings is 1. The van der Waals surface area contributed by atoms with Crippen LogP contribution >= 0.6 is 11.3 Å². The Morgan fingerprint density at radius 2 is 1.72 bits per heavy atom. The molecule has 0 N–H and O–H groups in total. The Kier molecular flexibility index (Phi) is 7.35. The monoisotopic (exact) mass is 448 g/mol. The Hall–Kier alpha value is -2.96. The van der Waals surface area contributed by atoms with Gasteiger partial charge in [-0.05, 0) is 61.6 Å². The number of methoxy groups -OCH3 is 1. The Bertz CT molecular complexity index is 1010. The van der Waals surface area contributed by atoms with E-state index in [0.29, 0.717) is 13.1 Å². The van der Waals surface area contributed by atoms with E-state index in [0.717, 1.165) is 47.8 Å². The molecule has 0 aliphatic carbocycles. The molecule has 0 bridgehead atoms. The average Bonchev–Trinajstić information content (AvgIpc) is 3.36. The average molecular weight is 449 g/mol. The van der Waals surface area contributed by atoms with Gasteiger partial charge in [0.15, 0.2) is 5.78 Å². The molecular formula is C26H28N2O3S. The van der Waals surface area contributed by atoms with Crippen LogP contribution in [-0.4, -0.2) is 43.3 Å². The predicted molar refractivity (Wildman–Crippen MR) is 128 cm³/mol. The molecule has 0 atom stereocenters. The second kappa shape index (κ2) is 10.6. The summed E-state index contributed by atoms with van der Waals surface area (Å²) in [4.78, 5) is 31.2. The van der Waals surface area contributed by atoms with Gasteiger partial charge in [-0.25, -0.2) is 0 Å². The largest absolute Gasteiger partial charge is 0.497 e. The lowest BCUT2D eigenvalue weighted by Gasteiger charge is -2.32. The van der Waals surface area contributed by atoms with Crippen LogP contribution in [0.2, 0.25) is 0 Å². The van der Waals surface area contributed by atoms with Crippen molar-refractivity contribution >= 4 is 28.7 Å². The van der Waals surface area contributed by atoms with E-state index >= 15 is 0 Å². The van der Waals surface area contributed by atoms with Crippen LogP contribution in [0, 0.1) is 5.92 Å². The molecule has 1 saturated heterocycles. The Morgan fingerprint density at radius 3 is 2.34 bits per heavy atom. The number of hydrogen-bond donors (Lipinski definition) is 0. The molecule has 1 amide bonds. The fourth-order valence-electron chi connectivity index (χ4n) is 4.11. The lowest BCUT2D eigenvalue weighted by atomic mass is 9.89. The second-order valence-corrected chi connectivity index (χ2v) is 9.07. The molecule has 2 heterocycles. The third-order valence-electron chi connectivity index (χ3n) is 5.95. The van der Waals surface area contributed by atoms with E-state index in [4.69, 9.17) is 4.74 Å². The SMILES string of the molecule is COc1ccc(N(Cc2cccs2)C(=O)CN2CCC(C(=O)c3ccccc3)CC2)cc1. The van der Waals surface area contributed by atoms with Crippen molar-refractivity contribution < 1.29 is 14.3 Å². The number of Topliss-reactive ketones (excluding diaryl/α,β-unsaturated/α-hetero) is 1. The van der Waals surface area contributed by atoms with Gasteiger partial charge >= 0.3 is 0 Å². The molecule has 3 aromatic rings. The van der Waals surface area contributed by atoms with Crippen LogP contribution in [0.4, 0.5) is 5.69 Å². The number of thiophene rings is 1. The third-order valence-corrected chi connectivity index (χ3v) is 6.82. The van der Waals surface area contributed by atoms with Gasteiger partial charge < -0.3 is 9.64 Å². The molecule has 1 aliphatic heterocycles. The van der Waals surface area contributed by atoms with Crippen LogP contribution in [0.5, 0.6) is 5.75 Å². The van der Waals surface area contributed by atoms with Crippen LogP contribution in [0.15, 0.2) is 72.1 Å². The zero-order valence-corrected chi connectivity index (χ0v) is 19.1. The molecule has 6 heteroatoms. The van der Waals surface area contributed by atoms with Gasteiger partial charge in [0.05, 0.1) is 20.2 Å². The van der Waals surface area contributed by atoms with Gasteiger partial charge in [0.1, 0.15) is 5.75 Å². The van der Waals surface area contributed by atoms with Gasteiger partial charge in [-0.1, -0.05) is 36.4 Å². The van der Waals surface area contributed by atoms with Crippen LogP contribution in [0.1, 0.15) is 28.1 Å². The molecule has 0 spiro atoms. The number of ketones is 1. The summed E-state index contributed by atoms with van der Waals surface area (Å²) < 4.78 is 5.26. The summed E-state index contributed by atoms with van der Waals surface area (Å²) in [5, 5.41) is 2.03. The first kappa shape index (κ1) is 22.2. The van der Waals surface area contributed by atoms with Gasteiger partial charge in [0.25, 0.3) is 0 Å². The van der Waals surface area contributed by atoms with Crippen LogP contribution in [0.25, 0.3) is 0 Å². The molecule has 1 aliphatic rings. The fraction of sp³-hybridized carbons (Fsp3) is 0.308. The van der Waals surface area contributed by atoms with Crippen molar-refractivity contribution in [2.45, 2.75) is 19.4 Å². The Balaban J connectivity index is 1.39. The third kappa shape index (κ3) is 5.44. The summed E-state index contributed by atoms with van der Waals surface area (Å²) >= 11 is 1.65. The lowest BCUT2D eigenvalue weighted by molar-refractivity contribution is -0.120. The standard InChI is InChI=1S/C26H28N2O3S/c1-31-23-11-9-22(10-12-23)28(18-24-8-5-17-32-24)25(29)19-27-15-13-21(14-16-27)26(30)20-6-3-2-4-7-20/h2-12,17,21H,13-16,18-19H2,1H3. The van der Waals surface area contributed by atoms with Crippen molar-refractivity contribution in [1.82, 2.24) is 4.90 Å². The number of nitrogens with zero attached hydrogens (tertiary/aromatic N) is 2. The Morgan fingerprint density at radius 1 is 1.00 bits per heavy atom. The van der Waals surface area contributed by atoms with E-state index in [1.165, 1.54) is 0 Å². The summed E-state index contributed by atoms with van der Waals surface area (Å²) in [6.45, 7) is 2.41. The van der Waals surface area contributed by atoms with Crippen molar-refractivity contribution in [2.24, 2.45) is 5.92 Å². The number of amides is 1. The number of ether oxygens (including phenoxy) is 1. The van der Waals surface area contributed by atoms with Crippen molar-refractivity contribution in [3.05, 3.63) is 82.6 Å². The van der Waals surface area contributed by atoms with Gasteiger partial charge in [-0.2, -0.15) is 0 Å².